The maximum absolute atomic E-state index is 4.13. The monoisotopic (exact) mass is 275 g/mol. The first kappa shape index (κ1) is 13.7. The van der Waals surface area contributed by atoms with Crippen molar-refractivity contribution in [3.63, 3.8) is 0 Å². The average Bonchev–Trinajstić information content (AvgIpc) is 2.83. The van der Waals surface area contributed by atoms with E-state index in [0.717, 1.165) is 6.42 Å². The first-order valence-corrected chi connectivity index (χ1v) is 7.40. The third-order valence-corrected chi connectivity index (χ3v) is 4.06. The van der Waals surface area contributed by atoms with Gasteiger partial charge >= 0.3 is 0 Å². The van der Waals surface area contributed by atoms with Gasteiger partial charge in [-0.15, -0.1) is 6.58 Å². The number of hydrogen-bond acceptors (Lipinski definition) is 0. The number of para-hydroxylation sites is 1. The summed E-state index contributed by atoms with van der Waals surface area (Å²) in [7, 11) is 2.12. The molecule has 0 saturated carbocycles. The molecule has 0 aliphatic heterocycles. The molecule has 0 radical (unpaired) electrons. The fraction of sp³-hybridized carbons (Fsp3) is 0.200. The van der Waals surface area contributed by atoms with E-state index in [4.69, 9.17) is 0 Å². The number of rotatable bonds is 4. The van der Waals surface area contributed by atoms with Crippen molar-refractivity contribution in [2.45, 2.75) is 19.3 Å². The van der Waals surface area contributed by atoms with E-state index in [1.165, 1.54) is 27.6 Å². The number of allylic oxidation sites excluding steroid dienone is 1. The van der Waals surface area contributed by atoms with Crippen LogP contribution in [0, 0.1) is 0 Å². The summed E-state index contributed by atoms with van der Waals surface area (Å²) < 4.78 is 2.22. The number of benzene rings is 2. The fourth-order valence-electron chi connectivity index (χ4n) is 3.09. The molecule has 1 nitrogen and oxygen atoms in total. The van der Waals surface area contributed by atoms with E-state index in [1.807, 2.05) is 0 Å². The highest BCUT2D eigenvalue weighted by atomic mass is 14.9. The highest BCUT2D eigenvalue weighted by Gasteiger charge is 2.18. The Balaban J connectivity index is 2.17. The lowest BCUT2D eigenvalue weighted by molar-refractivity contribution is 0.796. The maximum Gasteiger partial charge on any atom is 0.0480 e. The summed E-state index contributed by atoms with van der Waals surface area (Å²) >= 11 is 0. The molecule has 0 amide bonds. The minimum atomic E-state index is 0.370. The molecule has 1 aromatic heterocycles. The molecule has 1 unspecified atom stereocenters. The van der Waals surface area contributed by atoms with Gasteiger partial charge in [-0.3, -0.25) is 0 Å². The van der Waals surface area contributed by atoms with Crippen LogP contribution in [0.2, 0.25) is 0 Å². The van der Waals surface area contributed by atoms with Gasteiger partial charge in [0.15, 0.2) is 0 Å². The Kier molecular flexibility index (Phi) is 3.66. The third-order valence-electron chi connectivity index (χ3n) is 4.06. The van der Waals surface area contributed by atoms with Crippen molar-refractivity contribution in [3.05, 3.63) is 84.1 Å². The Bertz CT molecular complexity index is 765. The van der Waals surface area contributed by atoms with E-state index in [1.54, 1.807) is 0 Å². The van der Waals surface area contributed by atoms with E-state index in [9.17, 15) is 0 Å². The van der Waals surface area contributed by atoms with Crippen LogP contribution in [-0.2, 0) is 7.05 Å². The van der Waals surface area contributed by atoms with Crippen LogP contribution in [-0.4, -0.2) is 4.57 Å². The van der Waals surface area contributed by atoms with Crippen molar-refractivity contribution in [1.29, 1.82) is 0 Å². The van der Waals surface area contributed by atoms with E-state index >= 15 is 0 Å². The summed E-state index contributed by atoms with van der Waals surface area (Å²) in [5, 5.41) is 1.34. The molecular formula is C20H21N. The molecule has 0 aliphatic rings. The Hall–Kier alpha value is -2.28. The molecular weight excluding hydrogens is 254 g/mol. The predicted octanol–water partition coefficient (Wildman–Crippen LogP) is 5.28. The van der Waals surface area contributed by atoms with Crippen molar-refractivity contribution >= 4 is 10.9 Å². The van der Waals surface area contributed by atoms with Crippen LogP contribution in [0.1, 0.15) is 30.4 Å². The van der Waals surface area contributed by atoms with Gasteiger partial charge in [-0.25, -0.2) is 0 Å². The van der Waals surface area contributed by atoms with Crippen molar-refractivity contribution in [1.82, 2.24) is 4.57 Å². The number of aromatic nitrogens is 1. The lowest BCUT2D eigenvalue weighted by atomic mass is 9.86. The largest absolute Gasteiger partial charge is 0.350 e. The maximum atomic E-state index is 4.13. The van der Waals surface area contributed by atoms with Crippen molar-refractivity contribution in [3.8, 4) is 0 Å². The molecule has 1 atom stereocenters. The zero-order chi connectivity index (χ0) is 14.8. The Labute approximate surface area is 126 Å². The summed E-state index contributed by atoms with van der Waals surface area (Å²) in [5.74, 6) is 0.370. The zero-order valence-corrected chi connectivity index (χ0v) is 12.7. The first-order valence-electron chi connectivity index (χ1n) is 7.40. The second kappa shape index (κ2) is 5.61. The van der Waals surface area contributed by atoms with E-state index in [0.29, 0.717) is 5.92 Å². The second-order valence-corrected chi connectivity index (χ2v) is 5.84. The zero-order valence-electron chi connectivity index (χ0n) is 12.7. The number of aryl methyl sites for hydroxylation is 1. The molecule has 0 N–H and O–H groups in total. The van der Waals surface area contributed by atoms with Crippen LogP contribution in [0.25, 0.3) is 10.9 Å². The van der Waals surface area contributed by atoms with Gasteiger partial charge in [-0.05, 0) is 30.5 Å². The molecule has 0 aliphatic carbocycles. The molecule has 1 heterocycles. The third kappa shape index (κ3) is 2.64. The summed E-state index contributed by atoms with van der Waals surface area (Å²) in [6, 6.07) is 19.4. The Morgan fingerprint density at radius 3 is 2.43 bits per heavy atom. The van der Waals surface area contributed by atoms with Gasteiger partial charge in [0.1, 0.15) is 0 Å². The standard InChI is InChI=1S/C20H21N/c1-15(2)13-18(16-9-5-4-6-10-16)19-14-21(3)20-12-8-7-11-17(19)20/h4-12,14,18H,1,13H2,2-3H3. The van der Waals surface area contributed by atoms with Crippen molar-refractivity contribution in [2.24, 2.45) is 7.05 Å². The molecule has 0 bridgehead atoms. The molecule has 21 heavy (non-hydrogen) atoms. The lowest BCUT2D eigenvalue weighted by Gasteiger charge is -2.17. The molecule has 0 spiro atoms. The van der Waals surface area contributed by atoms with Crippen molar-refractivity contribution < 1.29 is 0 Å². The van der Waals surface area contributed by atoms with E-state index in [-0.39, 0.29) is 0 Å². The Morgan fingerprint density at radius 2 is 1.71 bits per heavy atom. The van der Waals surface area contributed by atoms with Gasteiger partial charge in [0.05, 0.1) is 0 Å². The first-order chi connectivity index (χ1) is 10.2. The normalized spacial score (nSPS) is 12.5. The van der Waals surface area contributed by atoms with Crippen molar-refractivity contribution in [2.75, 3.05) is 0 Å². The minimum absolute atomic E-state index is 0.370. The van der Waals surface area contributed by atoms with Crippen LogP contribution in [0.5, 0.6) is 0 Å². The number of hydrogen-bond donors (Lipinski definition) is 0. The van der Waals surface area contributed by atoms with Crippen LogP contribution in [0.4, 0.5) is 0 Å². The summed E-state index contributed by atoms with van der Waals surface area (Å²) in [5.41, 5.74) is 5.26. The average molecular weight is 275 g/mol. The lowest BCUT2D eigenvalue weighted by Crippen LogP contribution is -2.01. The molecule has 106 valence electrons. The number of nitrogens with zero attached hydrogens (tertiary/aromatic N) is 1. The van der Waals surface area contributed by atoms with Gasteiger partial charge in [0, 0.05) is 30.1 Å². The van der Waals surface area contributed by atoms with E-state index < -0.39 is 0 Å². The van der Waals surface area contributed by atoms with Crippen LogP contribution in [0.3, 0.4) is 0 Å². The molecule has 0 saturated heterocycles. The van der Waals surface area contributed by atoms with Crippen LogP contribution >= 0.6 is 0 Å². The predicted molar refractivity (Wildman–Crippen MR) is 90.6 cm³/mol. The smallest absolute Gasteiger partial charge is 0.0480 e. The van der Waals surface area contributed by atoms with Gasteiger partial charge in [-0.2, -0.15) is 0 Å². The van der Waals surface area contributed by atoms with Gasteiger partial charge < -0.3 is 4.57 Å². The molecule has 1 heteroatoms. The summed E-state index contributed by atoms with van der Waals surface area (Å²) in [4.78, 5) is 0. The number of fused-ring (bicyclic) bond motifs is 1. The molecule has 3 rings (SSSR count). The minimum Gasteiger partial charge on any atom is -0.350 e. The Morgan fingerprint density at radius 1 is 1.05 bits per heavy atom. The van der Waals surface area contributed by atoms with E-state index in [2.05, 4.69) is 85.9 Å². The van der Waals surface area contributed by atoms with Gasteiger partial charge in [0.2, 0.25) is 0 Å². The van der Waals surface area contributed by atoms with Gasteiger partial charge in [-0.1, -0.05) is 54.1 Å². The van der Waals surface area contributed by atoms with Gasteiger partial charge in [0.25, 0.3) is 0 Å². The molecule has 2 aromatic carbocycles. The SMILES string of the molecule is C=C(C)CC(c1ccccc1)c1cn(C)c2ccccc12. The topological polar surface area (TPSA) is 4.93 Å². The molecule has 3 aromatic rings. The molecule has 0 fully saturated rings. The highest BCUT2D eigenvalue weighted by molar-refractivity contribution is 5.85. The fourth-order valence-corrected chi connectivity index (χ4v) is 3.09. The summed E-state index contributed by atoms with van der Waals surface area (Å²) in [6.45, 7) is 6.24. The summed E-state index contributed by atoms with van der Waals surface area (Å²) in [6.07, 6.45) is 3.25. The van der Waals surface area contributed by atoms with Crippen LogP contribution in [0.15, 0.2) is 72.9 Å². The highest BCUT2D eigenvalue weighted by Crippen LogP contribution is 2.35. The van der Waals surface area contributed by atoms with Crippen LogP contribution < -0.4 is 0 Å². The second-order valence-electron chi connectivity index (χ2n) is 5.84. The quantitative estimate of drug-likeness (QED) is 0.571.